The molecule has 0 aromatic heterocycles. The summed E-state index contributed by atoms with van der Waals surface area (Å²) in [5.41, 5.74) is 2.32. The van der Waals surface area contributed by atoms with Crippen molar-refractivity contribution in [1.29, 1.82) is 0 Å². The Morgan fingerprint density at radius 1 is 0.406 bits per heavy atom. The Balaban J connectivity index is 2.63. The number of rotatable bonds is 3. The zero-order chi connectivity index (χ0) is 24.9. The van der Waals surface area contributed by atoms with Crippen LogP contribution in [0, 0.1) is 0 Å². The van der Waals surface area contributed by atoms with Gasteiger partial charge in [-0.1, -0.05) is 0 Å². The van der Waals surface area contributed by atoms with Crippen molar-refractivity contribution in [2.75, 3.05) is 0 Å². The molecule has 0 fully saturated rings. The molecule has 0 unspecified atom stereocenters. The first-order valence-electron chi connectivity index (χ1n) is 8.31. The fourth-order valence-electron chi connectivity index (χ4n) is 2.76. The van der Waals surface area contributed by atoms with Crippen LogP contribution in [-0.2, 0) is 24.7 Å². The summed E-state index contributed by atoms with van der Waals surface area (Å²) in [7, 11) is 0. The lowest BCUT2D eigenvalue weighted by molar-refractivity contribution is -0.144. The summed E-state index contributed by atoms with van der Waals surface area (Å²) in [6.07, 6.45) is -21.0. The fourth-order valence-corrected chi connectivity index (χ4v) is 2.76. The molecule has 0 radical (unpaired) electrons. The highest BCUT2D eigenvalue weighted by Gasteiger charge is 2.40. The molecule has 4 N–H and O–H groups in total. The Morgan fingerprint density at radius 2 is 0.594 bits per heavy atom. The highest BCUT2D eigenvalue weighted by molar-refractivity contribution is 5.39. The van der Waals surface area contributed by atoms with E-state index in [1.807, 2.05) is 0 Å². The predicted octanol–water partition coefficient (Wildman–Crippen LogP) is 6.46. The maximum absolute atomic E-state index is 13.0. The smallest absolute Gasteiger partial charge is 0.322 e. The van der Waals surface area contributed by atoms with E-state index in [2.05, 4.69) is 0 Å². The Bertz CT molecular complexity index is 826. The normalized spacial score (nSPS) is 15.6. The van der Waals surface area contributed by atoms with E-state index >= 15 is 0 Å². The molecule has 2 nitrogen and oxygen atoms in total. The van der Waals surface area contributed by atoms with Gasteiger partial charge in [0.2, 0.25) is 0 Å². The van der Waals surface area contributed by atoms with E-state index in [1.165, 1.54) is 0 Å². The molecule has 2 atom stereocenters. The molecular formula is C18H12F12N2. The lowest BCUT2D eigenvalue weighted by Gasteiger charge is -2.24. The lowest BCUT2D eigenvalue weighted by Crippen LogP contribution is -2.28. The zero-order valence-electron chi connectivity index (χ0n) is 15.3. The van der Waals surface area contributed by atoms with Crippen LogP contribution in [0.2, 0.25) is 0 Å². The van der Waals surface area contributed by atoms with Crippen LogP contribution in [0.1, 0.15) is 45.5 Å². The van der Waals surface area contributed by atoms with Crippen molar-refractivity contribution >= 4 is 0 Å². The third-order valence-electron chi connectivity index (χ3n) is 4.38. The van der Waals surface area contributed by atoms with Gasteiger partial charge < -0.3 is 11.5 Å². The minimum atomic E-state index is -5.25. The molecular weight excluding hydrogens is 472 g/mol. The maximum atomic E-state index is 13.0. The van der Waals surface area contributed by atoms with Gasteiger partial charge in [-0.25, -0.2) is 0 Å². The van der Waals surface area contributed by atoms with Gasteiger partial charge in [-0.3, -0.25) is 0 Å². The van der Waals surface area contributed by atoms with E-state index in [1.54, 1.807) is 0 Å². The van der Waals surface area contributed by atoms with Crippen LogP contribution in [0.15, 0.2) is 36.4 Å². The Labute approximate surface area is 171 Å². The molecule has 0 aliphatic rings. The van der Waals surface area contributed by atoms with Crippen LogP contribution in [0.4, 0.5) is 52.7 Å². The second kappa shape index (κ2) is 8.14. The van der Waals surface area contributed by atoms with Gasteiger partial charge >= 0.3 is 24.7 Å². The quantitative estimate of drug-likeness (QED) is 0.492. The SMILES string of the molecule is N[C@H](c1cc(C(F)(F)F)cc(C(F)(F)F)c1)[C@H](N)c1cc(C(F)(F)F)cc(C(F)(F)F)c1. The van der Waals surface area contributed by atoms with Gasteiger partial charge in [0.25, 0.3) is 0 Å². The topological polar surface area (TPSA) is 52.0 Å². The average molecular weight is 484 g/mol. The van der Waals surface area contributed by atoms with E-state index in [4.69, 9.17) is 11.5 Å². The highest BCUT2D eigenvalue weighted by atomic mass is 19.4. The van der Waals surface area contributed by atoms with Crippen molar-refractivity contribution in [2.24, 2.45) is 11.5 Å². The van der Waals surface area contributed by atoms with Crippen LogP contribution < -0.4 is 11.5 Å². The third-order valence-corrected chi connectivity index (χ3v) is 4.38. The summed E-state index contributed by atoms with van der Waals surface area (Å²) in [4.78, 5) is 0. The van der Waals surface area contributed by atoms with Gasteiger partial charge in [0.15, 0.2) is 0 Å². The lowest BCUT2D eigenvalue weighted by atomic mass is 9.90. The van der Waals surface area contributed by atoms with Crippen LogP contribution in [0.5, 0.6) is 0 Å². The molecule has 2 aromatic carbocycles. The molecule has 0 saturated carbocycles. The van der Waals surface area contributed by atoms with Gasteiger partial charge in [-0.05, 0) is 47.5 Å². The molecule has 14 heteroatoms. The Kier molecular flexibility index (Phi) is 6.56. The predicted molar refractivity (Wildman–Crippen MR) is 86.7 cm³/mol. The van der Waals surface area contributed by atoms with Crippen molar-refractivity contribution in [3.8, 4) is 0 Å². The van der Waals surface area contributed by atoms with Gasteiger partial charge in [0.05, 0.1) is 22.3 Å². The molecule has 178 valence electrons. The Morgan fingerprint density at radius 3 is 0.750 bits per heavy atom. The first-order valence-corrected chi connectivity index (χ1v) is 8.31. The Hall–Kier alpha value is -2.48. The van der Waals surface area contributed by atoms with E-state index in [0.29, 0.717) is 0 Å². The number of hydrogen-bond acceptors (Lipinski definition) is 2. The van der Waals surface area contributed by atoms with Crippen molar-refractivity contribution in [3.63, 3.8) is 0 Å². The van der Waals surface area contributed by atoms with Crippen LogP contribution in [0.25, 0.3) is 0 Å². The monoisotopic (exact) mass is 484 g/mol. The summed E-state index contributed by atoms with van der Waals surface area (Å²) in [6, 6.07) is -3.68. The van der Waals surface area contributed by atoms with Crippen molar-refractivity contribution in [3.05, 3.63) is 69.8 Å². The summed E-state index contributed by atoms with van der Waals surface area (Å²) in [6.45, 7) is 0. The average Bonchev–Trinajstić information content (AvgIpc) is 2.63. The largest absolute Gasteiger partial charge is 0.416 e. The molecule has 0 aliphatic heterocycles. The van der Waals surface area contributed by atoms with Crippen molar-refractivity contribution in [1.82, 2.24) is 0 Å². The van der Waals surface area contributed by atoms with Crippen LogP contribution in [-0.4, -0.2) is 0 Å². The summed E-state index contributed by atoms with van der Waals surface area (Å²) in [5.74, 6) is 0. The third kappa shape index (κ3) is 5.85. The molecule has 0 amide bonds. The molecule has 2 rings (SSSR count). The molecule has 0 heterocycles. The summed E-state index contributed by atoms with van der Waals surface area (Å²) in [5, 5.41) is 0. The molecule has 32 heavy (non-hydrogen) atoms. The fraction of sp³-hybridized carbons (Fsp3) is 0.333. The van der Waals surface area contributed by atoms with Gasteiger partial charge in [0.1, 0.15) is 0 Å². The van der Waals surface area contributed by atoms with Crippen molar-refractivity contribution in [2.45, 2.75) is 36.8 Å². The van der Waals surface area contributed by atoms with E-state index in [9.17, 15) is 52.7 Å². The van der Waals surface area contributed by atoms with E-state index in [-0.39, 0.29) is 36.4 Å². The number of nitrogens with two attached hydrogens (primary N) is 2. The van der Waals surface area contributed by atoms with Gasteiger partial charge in [0, 0.05) is 12.1 Å². The second-order valence-corrected chi connectivity index (χ2v) is 6.73. The van der Waals surface area contributed by atoms with Crippen molar-refractivity contribution < 1.29 is 52.7 Å². The summed E-state index contributed by atoms with van der Waals surface area (Å²) < 4.78 is 156. The standard InChI is InChI=1S/C18H12F12N2/c19-15(20,21)9-1-7(2-10(5-9)16(22,23)24)13(31)14(32)8-3-11(17(25,26)27)6-12(4-8)18(28,29)30/h1-6,13-14H,31-32H2/t13-,14-/m1/s1. The molecule has 0 aliphatic carbocycles. The van der Waals surface area contributed by atoms with E-state index < -0.39 is 70.2 Å². The molecule has 0 spiro atoms. The molecule has 0 bridgehead atoms. The first-order chi connectivity index (χ1) is 14.2. The minimum Gasteiger partial charge on any atom is -0.322 e. The number of benzene rings is 2. The minimum absolute atomic E-state index is 0.193. The zero-order valence-corrected chi connectivity index (χ0v) is 15.3. The highest BCUT2D eigenvalue weighted by Crippen LogP contribution is 2.41. The summed E-state index contributed by atoms with van der Waals surface area (Å²) >= 11 is 0. The first kappa shape index (κ1) is 25.8. The van der Waals surface area contributed by atoms with E-state index in [0.717, 1.165) is 0 Å². The number of alkyl halides is 12. The molecule has 0 saturated heterocycles. The number of halogens is 12. The van der Waals surface area contributed by atoms with Gasteiger partial charge in [-0.2, -0.15) is 52.7 Å². The number of hydrogen-bond donors (Lipinski definition) is 2. The molecule has 2 aromatic rings. The second-order valence-electron chi connectivity index (χ2n) is 6.73. The van der Waals surface area contributed by atoms with Crippen LogP contribution >= 0.6 is 0 Å². The van der Waals surface area contributed by atoms with Gasteiger partial charge in [-0.15, -0.1) is 0 Å². The van der Waals surface area contributed by atoms with Crippen LogP contribution in [0.3, 0.4) is 0 Å². The maximum Gasteiger partial charge on any atom is 0.416 e.